The zero-order valence-electron chi connectivity index (χ0n) is 13.5. The Bertz CT molecular complexity index is 537. The monoisotopic (exact) mass is 338 g/mol. The Morgan fingerprint density at radius 2 is 1.91 bits per heavy atom. The molecular weight excluding hydrogens is 316 g/mol. The third-order valence-electron chi connectivity index (χ3n) is 3.90. The average Bonchev–Trinajstić information content (AvgIpc) is 2.56. The van der Waals surface area contributed by atoms with Crippen LogP contribution in [-0.2, 0) is 4.79 Å². The van der Waals surface area contributed by atoms with Gasteiger partial charge in [-0.05, 0) is 51.0 Å². The van der Waals surface area contributed by atoms with Crippen LogP contribution in [0.1, 0.15) is 37.0 Å². The number of carbonyl (C=O) groups excluding carboxylic acids is 2. The minimum atomic E-state index is -0.529. The van der Waals surface area contributed by atoms with Crippen LogP contribution < -0.4 is 10.1 Å². The van der Waals surface area contributed by atoms with Gasteiger partial charge in [0.15, 0.2) is 0 Å². The van der Waals surface area contributed by atoms with Gasteiger partial charge < -0.3 is 15.0 Å². The van der Waals surface area contributed by atoms with Crippen LogP contribution in [0.25, 0.3) is 0 Å². The molecule has 1 saturated heterocycles. The second-order valence-corrected chi connectivity index (χ2v) is 6.30. The Labute approximate surface area is 141 Å². The number of piperidine rings is 1. The molecule has 23 heavy (non-hydrogen) atoms. The highest BCUT2D eigenvalue weighted by Gasteiger charge is 2.25. The molecule has 2 amide bonds. The van der Waals surface area contributed by atoms with Crippen LogP contribution in [0.5, 0.6) is 5.75 Å². The van der Waals surface area contributed by atoms with E-state index in [-0.39, 0.29) is 17.9 Å². The number of carbonyl (C=O) groups is 2. The molecule has 1 aromatic rings. The van der Waals surface area contributed by atoms with Gasteiger partial charge in [-0.15, -0.1) is 11.6 Å². The van der Waals surface area contributed by atoms with E-state index in [1.54, 1.807) is 19.1 Å². The van der Waals surface area contributed by atoms with Crippen LogP contribution in [0.3, 0.4) is 0 Å². The summed E-state index contributed by atoms with van der Waals surface area (Å²) in [6.07, 6.45) is 1.50. The van der Waals surface area contributed by atoms with Gasteiger partial charge in [-0.25, -0.2) is 0 Å². The van der Waals surface area contributed by atoms with Gasteiger partial charge in [0.25, 0.3) is 5.91 Å². The summed E-state index contributed by atoms with van der Waals surface area (Å²) in [4.78, 5) is 25.9. The fraction of sp³-hybridized carbons (Fsp3) is 0.529. The van der Waals surface area contributed by atoms with Crippen molar-refractivity contribution in [2.45, 2.75) is 38.1 Å². The first-order valence-electron chi connectivity index (χ1n) is 7.97. The second-order valence-electron chi connectivity index (χ2n) is 5.65. The van der Waals surface area contributed by atoms with Crippen molar-refractivity contribution in [3.8, 4) is 5.75 Å². The third-order valence-corrected chi connectivity index (χ3v) is 4.10. The van der Waals surface area contributed by atoms with Crippen molar-refractivity contribution in [2.24, 2.45) is 0 Å². The number of hydrogen-bond donors (Lipinski definition) is 1. The highest BCUT2D eigenvalue weighted by molar-refractivity contribution is 6.30. The molecule has 126 valence electrons. The SMILES string of the molecule is CCOc1ccc(C(=O)N2CCC(NC(=O)C(C)Cl)CC2)cc1. The van der Waals surface area contributed by atoms with Crippen LogP contribution in [0.2, 0.25) is 0 Å². The largest absolute Gasteiger partial charge is 0.494 e. The van der Waals surface area contributed by atoms with Crippen molar-refractivity contribution < 1.29 is 14.3 Å². The summed E-state index contributed by atoms with van der Waals surface area (Å²) in [5, 5.41) is 2.38. The number of hydrogen-bond acceptors (Lipinski definition) is 3. The van der Waals surface area contributed by atoms with Crippen LogP contribution in [-0.4, -0.2) is 47.8 Å². The van der Waals surface area contributed by atoms with E-state index in [0.717, 1.165) is 18.6 Å². The molecule has 2 rings (SSSR count). The van der Waals surface area contributed by atoms with E-state index in [9.17, 15) is 9.59 Å². The molecule has 0 bridgehead atoms. The second kappa shape index (κ2) is 8.20. The Kier molecular flexibility index (Phi) is 6.28. The zero-order valence-corrected chi connectivity index (χ0v) is 14.3. The van der Waals surface area contributed by atoms with Gasteiger partial charge in [-0.3, -0.25) is 9.59 Å². The number of nitrogens with zero attached hydrogens (tertiary/aromatic N) is 1. The average molecular weight is 339 g/mol. The predicted molar refractivity (Wildman–Crippen MR) is 90.0 cm³/mol. The van der Waals surface area contributed by atoms with Gasteiger partial charge in [0.2, 0.25) is 5.91 Å². The maximum Gasteiger partial charge on any atom is 0.253 e. The van der Waals surface area contributed by atoms with E-state index < -0.39 is 5.38 Å². The lowest BCUT2D eigenvalue weighted by atomic mass is 10.0. The van der Waals surface area contributed by atoms with Crippen molar-refractivity contribution in [2.75, 3.05) is 19.7 Å². The van der Waals surface area contributed by atoms with Gasteiger partial charge >= 0.3 is 0 Å². The van der Waals surface area contributed by atoms with E-state index in [1.165, 1.54) is 0 Å². The fourth-order valence-electron chi connectivity index (χ4n) is 2.59. The molecule has 1 fully saturated rings. The Balaban J connectivity index is 1.87. The molecule has 6 heteroatoms. The van der Waals surface area contributed by atoms with Crippen molar-refractivity contribution >= 4 is 23.4 Å². The normalized spacial score (nSPS) is 16.7. The van der Waals surface area contributed by atoms with E-state index in [0.29, 0.717) is 25.3 Å². The molecule has 1 atom stereocenters. The number of benzene rings is 1. The lowest BCUT2D eigenvalue weighted by molar-refractivity contribution is -0.121. The van der Waals surface area contributed by atoms with E-state index in [1.807, 2.05) is 24.0 Å². The third kappa shape index (κ3) is 4.86. The first kappa shape index (κ1) is 17.6. The van der Waals surface area contributed by atoms with Gasteiger partial charge in [0, 0.05) is 24.7 Å². The lowest BCUT2D eigenvalue weighted by Crippen LogP contribution is -2.47. The maximum atomic E-state index is 12.5. The zero-order chi connectivity index (χ0) is 16.8. The molecule has 1 aliphatic heterocycles. The lowest BCUT2D eigenvalue weighted by Gasteiger charge is -2.32. The predicted octanol–water partition coefficient (Wildman–Crippen LogP) is 2.43. The highest BCUT2D eigenvalue weighted by atomic mass is 35.5. The van der Waals surface area contributed by atoms with E-state index in [2.05, 4.69) is 5.32 Å². The number of likely N-dealkylation sites (tertiary alicyclic amines) is 1. The highest BCUT2D eigenvalue weighted by Crippen LogP contribution is 2.17. The molecule has 1 heterocycles. The first-order valence-corrected chi connectivity index (χ1v) is 8.41. The number of amides is 2. The summed E-state index contributed by atoms with van der Waals surface area (Å²) in [6, 6.07) is 7.29. The molecule has 0 saturated carbocycles. The summed E-state index contributed by atoms with van der Waals surface area (Å²) >= 11 is 5.75. The van der Waals surface area contributed by atoms with E-state index in [4.69, 9.17) is 16.3 Å². The number of alkyl halides is 1. The van der Waals surface area contributed by atoms with Crippen molar-refractivity contribution in [3.63, 3.8) is 0 Å². The van der Waals surface area contributed by atoms with Gasteiger partial charge in [-0.2, -0.15) is 0 Å². The van der Waals surface area contributed by atoms with Crippen LogP contribution in [0.4, 0.5) is 0 Å². The minimum absolute atomic E-state index is 0.0172. The van der Waals surface area contributed by atoms with E-state index >= 15 is 0 Å². The molecule has 1 unspecified atom stereocenters. The maximum absolute atomic E-state index is 12.5. The molecule has 0 aliphatic carbocycles. The van der Waals surface area contributed by atoms with Gasteiger partial charge in [0.1, 0.15) is 11.1 Å². The van der Waals surface area contributed by atoms with Crippen molar-refractivity contribution in [3.05, 3.63) is 29.8 Å². The molecule has 1 N–H and O–H groups in total. The Morgan fingerprint density at radius 1 is 1.30 bits per heavy atom. The molecule has 0 spiro atoms. The molecule has 0 aromatic heterocycles. The number of ether oxygens (including phenoxy) is 1. The quantitative estimate of drug-likeness (QED) is 0.839. The summed E-state index contributed by atoms with van der Waals surface area (Å²) < 4.78 is 5.38. The number of halogens is 1. The van der Waals surface area contributed by atoms with Crippen molar-refractivity contribution in [1.82, 2.24) is 10.2 Å². The van der Waals surface area contributed by atoms with Gasteiger partial charge in [0.05, 0.1) is 6.61 Å². The summed E-state index contributed by atoms with van der Waals surface area (Å²) in [7, 11) is 0. The van der Waals surface area contributed by atoms with Crippen LogP contribution >= 0.6 is 11.6 Å². The van der Waals surface area contributed by atoms with Crippen molar-refractivity contribution in [1.29, 1.82) is 0 Å². The summed E-state index contributed by atoms with van der Waals surface area (Å²) in [6.45, 7) is 5.45. The Morgan fingerprint density at radius 3 is 2.43 bits per heavy atom. The number of nitrogens with one attached hydrogen (secondary N) is 1. The van der Waals surface area contributed by atoms with Crippen LogP contribution in [0, 0.1) is 0 Å². The topological polar surface area (TPSA) is 58.6 Å². The smallest absolute Gasteiger partial charge is 0.253 e. The molecule has 0 radical (unpaired) electrons. The molecule has 1 aliphatic rings. The molecule has 1 aromatic carbocycles. The number of rotatable bonds is 5. The minimum Gasteiger partial charge on any atom is -0.494 e. The van der Waals surface area contributed by atoms with Crippen LogP contribution in [0.15, 0.2) is 24.3 Å². The standard InChI is InChI=1S/C17H23ClN2O3/c1-3-23-15-6-4-13(5-7-15)17(22)20-10-8-14(9-11-20)19-16(21)12(2)18/h4-7,12,14H,3,8-11H2,1-2H3,(H,19,21). The Hall–Kier alpha value is -1.75. The van der Waals surface area contributed by atoms with Gasteiger partial charge in [-0.1, -0.05) is 0 Å². The summed E-state index contributed by atoms with van der Waals surface area (Å²) in [5.74, 6) is 0.632. The fourth-order valence-corrected chi connectivity index (χ4v) is 2.65. The molecule has 5 nitrogen and oxygen atoms in total. The first-order chi connectivity index (χ1) is 11.0. The molecular formula is C17H23ClN2O3. The summed E-state index contributed by atoms with van der Waals surface area (Å²) in [5.41, 5.74) is 0.658.